The van der Waals surface area contributed by atoms with Gasteiger partial charge in [0.1, 0.15) is 5.82 Å². The molecule has 0 atom stereocenters. The zero-order valence-corrected chi connectivity index (χ0v) is 10.5. The molecule has 102 valence electrons. The lowest BCUT2D eigenvalue weighted by atomic mass is 10.3. The summed E-state index contributed by atoms with van der Waals surface area (Å²) in [4.78, 5) is 23.3. The Morgan fingerprint density at radius 2 is 2.11 bits per heavy atom. The number of carboxylic acids is 1. The van der Waals surface area contributed by atoms with Crippen molar-refractivity contribution in [3.05, 3.63) is 42.2 Å². The number of nitrogens with zero attached hydrogens (tertiary/aromatic N) is 1. The number of aliphatic carboxylic acids is 1. The monoisotopic (exact) mass is 266 g/mol. The smallest absolute Gasteiger partial charge is 0.328 e. The lowest BCUT2D eigenvalue weighted by Gasteiger charge is -2.21. The van der Waals surface area contributed by atoms with Gasteiger partial charge >= 0.3 is 12.0 Å². The second-order valence-corrected chi connectivity index (χ2v) is 3.62. The van der Waals surface area contributed by atoms with Gasteiger partial charge in [0.25, 0.3) is 0 Å². The molecule has 0 fully saturated rings. The van der Waals surface area contributed by atoms with Crippen LogP contribution in [0.25, 0.3) is 0 Å². The number of amides is 2. The molecule has 0 bridgehead atoms. The molecule has 0 aliphatic carbocycles. The first-order valence-electron chi connectivity index (χ1n) is 5.75. The Morgan fingerprint density at radius 1 is 1.42 bits per heavy atom. The molecule has 19 heavy (non-hydrogen) atoms. The van der Waals surface area contributed by atoms with E-state index >= 15 is 0 Å². The van der Waals surface area contributed by atoms with Gasteiger partial charge in [0.15, 0.2) is 0 Å². The van der Waals surface area contributed by atoms with Gasteiger partial charge in [-0.05, 0) is 19.1 Å². The number of benzene rings is 1. The molecule has 1 aromatic rings. The fourth-order valence-corrected chi connectivity index (χ4v) is 1.50. The highest BCUT2D eigenvalue weighted by atomic mass is 19.1. The Labute approximate surface area is 110 Å². The number of para-hydroxylation sites is 1. The van der Waals surface area contributed by atoms with E-state index in [9.17, 15) is 14.0 Å². The van der Waals surface area contributed by atoms with Crippen molar-refractivity contribution in [2.45, 2.75) is 6.92 Å². The number of carbonyl (C=O) groups is 2. The van der Waals surface area contributed by atoms with Crippen LogP contribution in [0.15, 0.2) is 36.4 Å². The van der Waals surface area contributed by atoms with Crippen molar-refractivity contribution in [2.75, 3.05) is 18.0 Å². The first kappa shape index (κ1) is 14.7. The van der Waals surface area contributed by atoms with Crippen LogP contribution >= 0.6 is 0 Å². The van der Waals surface area contributed by atoms with E-state index in [-0.39, 0.29) is 12.2 Å². The Bertz CT molecular complexity index is 489. The molecule has 5 nitrogen and oxygen atoms in total. The summed E-state index contributed by atoms with van der Waals surface area (Å²) in [7, 11) is 0. The maximum absolute atomic E-state index is 13.6. The first-order chi connectivity index (χ1) is 9.06. The molecule has 0 aliphatic heterocycles. The van der Waals surface area contributed by atoms with E-state index in [1.807, 2.05) is 0 Å². The molecule has 0 aliphatic rings. The van der Waals surface area contributed by atoms with Crippen molar-refractivity contribution in [3.63, 3.8) is 0 Å². The molecule has 2 amide bonds. The standard InChI is InChI=1S/C13H15FN2O3/c1-2-16(11-7-4-3-6-10(11)14)13(19)15-9-5-8-12(17)18/h3-8H,2,9H2,1H3,(H,15,19)(H,17,18)/b8-5+. The van der Waals surface area contributed by atoms with Gasteiger partial charge in [-0.15, -0.1) is 0 Å². The van der Waals surface area contributed by atoms with Crippen molar-refractivity contribution in [1.82, 2.24) is 5.32 Å². The van der Waals surface area contributed by atoms with Crippen LogP contribution in [0.3, 0.4) is 0 Å². The predicted octanol–water partition coefficient (Wildman–Crippen LogP) is 2.00. The van der Waals surface area contributed by atoms with E-state index in [0.29, 0.717) is 6.54 Å². The molecular formula is C13H15FN2O3. The summed E-state index contributed by atoms with van der Waals surface area (Å²) in [6.07, 6.45) is 2.23. The number of hydrogen-bond donors (Lipinski definition) is 2. The van der Waals surface area contributed by atoms with Gasteiger partial charge in [-0.1, -0.05) is 18.2 Å². The summed E-state index contributed by atoms with van der Waals surface area (Å²) >= 11 is 0. The van der Waals surface area contributed by atoms with E-state index in [2.05, 4.69) is 5.32 Å². The number of carboxylic acid groups (broad SMARTS) is 1. The third kappa shape index (κ3) is 4.42. The van der Waals surface area contributed by atoms with Gasteiger partial charge in [-0.3, -0.25) is 4.90 Å². The molecular weight excluding hydrogens is 251 g/mol. The lowest BCUT2D eigenvalue weighted by Crippen LogP contribution is -2.40. The van der Waals surface area contributed by atoms with Crippen LogP contribution in [0.4, 0.5) is 14.9 Å². The molecule has 0 spiro atoms. The van der Waals surface area contributed by atoms with Gasteiger partial charge in [0.2, 0.25) is 0 Å². The van der Waals surface area contributed by atoms with Crippen LogP contribution in [0.2, 0.25) is 0 Å². The van der Waals surface area contributed by atoms with Crippen LogP contribution in [-0.2, 0) is 4.79 Å². The normalized spacial score (nSPS) is 10.4. The van der Waals surface area contributed by atoms with Crippen molar-refractivity contribution in [2.24, 2.45) is 0 Å². The molecule has 2 N–H and O–H groups in total. The zero-order chi connectivity index (χ0) is 14.3. The fraction of sp³-hybridized carbons (Fsp3) is 0.231. The minimum Gasteiger partial charge on any atom is -0.478 e. The largest absolute Gasteiger partial charge is 0.478 e. The molecule has 1 aromatic carbocycles. The fourth-order valence-electron chi connectivity index (χ4n) is 1.50. The second kappa shape index (κ2) is 7.15. The highest BCUT2D eigenvalue weighted by molar-refractivity contribution is 5.92. The number of carbonyl (C=O) groups excluding carboxylic acids is 1. The lowest BCUT2D eigenvalue weighted by molar-refractivity contribution is -0.131. The summed E-state index contributed by atoms with van der Waals surface area (Å²) in [6.45, 7) is 2.09. The van der Waals surface area contributed by atoms with Crippen molar-refractivity contribution < 1.29 is 19.1 Å². The van der Waals surface area contributed by atoms with Gasteiger partial charge in [0, 0.05) is 19.2 Å². The molecule has 1 rings (SSSR count). The van der Waals surface area contributed by atoms with Gasteiger partial charge < -0.3 is 10.4 Å². The minimum absolute atomic E-state index is 0.0656. The highest BCUT2D eigenvalue weighted by Gasteiger charge is 2.15. The summed E-state index contributed by atoms with van der Waals surface area (Å²) < 4.78 is 13.6. The summed E-state index contributed by atoms with van der Waals surface area (Å²) in [5.74, 6) is -1.57. The van der Waals surface area contributed by atoms with E-state index in [0.717, 1.165) is 6.08 Å². The maximum atomic E-state index is 13.6. The molecule has 0 heterocycles. The Hall–Kier alpha value is -2.37. The summed E-state index contributed by atoms with van der Waals surface area (Å²) in [5, 5.41) is 10.9. The Kier molecular flexibility index (Phi) is 5.53. The number of halogens is 1. The highest BCUT2D eigenvalue weighted by Crippen LogP contribution is 2.18. The van der Waals surface area contributed by atoms with E-state index < -0.39 is 17.8 Å². The van der Waals surface area contributed by atoms with Crippen molar-refractivity contribution >= 4 is 17.7 Å². The SMILES string of the molecule is CCN(C(=O)NC/C=C/C(=O)O)c1ccccc1F. The molecule has 0 radical (unpaired) electrons. The van der Waals surface area contributed by atoms with Crippen molar-refractivity contribution in [3.8, 4) is 0 Å². The molecule has 6 heteroatoms. The predicted molar refractivity (Wildman–Crippen MR) is 69.6 cm³/mol. The average Bonchev–Trinajstić information content (AvgIpc) is 2.37. The third-order valence-corrected chi connectivity index (χ3v) is 2.34. The van der Waals surface area contributed by atoms with Gasteiger partial charge in [0.05, 0.1) is 5.69 Å². The second-order valence-electron chi connectivity index (χ2n) is 3.62. The van der Waals surface area contributed by atoms with Crippen LogP contribution in [0.5, 0.6) is 0 Å². The molecule has 0 saturated carbocycles. The molecule has 0 unspecified atom stereocenters. The summed E-state index contributed by atoms with van der Waals surface area (Å²) in [5.41, 5.74) is 0.185. The van der Waals surface area contributed by atoms with E-state index in [1.165, 1.54) is 23.1 Å². The van der Waals surface area contributed by atoms with Crippen LogP contribution in [0.1, 0.15) is 6.92 Å². The Balaban J connectivity index is 2.68. The third-order valence-electron chi connectivity index (χ3n) is 2.34. The molecule has 0 aromatic heterocycles. The number of nitrogens with one attached hydrogen (secondary N) is 1. The molecule has 0 saturated heterocycles. The average molecular weight is 266 g/mol. The topological polar surface area (TPSA) is 69.6 Å². The number of hydrogen-bond acceptors (Lipinski definition) is 2. The number of rotatable bonds is 5. The van der Waals surface area contributed by atoms with Crippen LogP contribution in [-0.4, -0.2) is 30.2 Å². The van der Waals surface area contributed by atoms with Gasteiger partial charge in [-0.25, -0.2) is 14.0 Å². The zero-order valence-electron chi connectivity index (χ0n) is 10.5. The Morgan fingerprint density at radius 3 is 2.68 bits per heavy atom. The van der Waals surface area contributed by atoms with Crippen molar-refractivity contribution in [1.29, 1.82) is 0 Å². The van der Waals surface area contributed by atoms with Crippen LogP contribution in [0, 0.1) is 5.82 Å². The number of anilines is 1. The van der Waals surface area contributed by atoms with E-state index in [1.54, 1.807) is 19.1 Å². The number of urea groups is 1. The maximum Gasteiger partial charge on any atom is 0.328 e. The van der Waals surface area contributed by atoms with Crippen LogP contribution < -0.4 is 10.2 Å². The minimum atomic E-state index is -1.09. The first-order valence-corrected chi connectivity index (χ1v) is 5.75. The quantitative estimate of drug-likeness (QED) is 0.801. The van der Waals surface area contributed by atoms with Gasteiger partial charge in [-0.2, -0.15) is 0 Å². The summed E-state index contributed by atoms with van der Waals surface area (Å²) in [6, 6.07) is 5.47. The van der Waals surface area contributed by atoms with E-state index in [4.69, 9.17) is 5.11 Å².